The maximum Gasteiger partial charge on any atom is 0.250 e. The monoisotopic (exact) mass is 283 g/mol. The van der Waals surface area contributed by atoms with Crippen molar-refractivity contribution in [3.63, 3.8) is 0 Å². The molecule has 5 N–H and O–H groups in total. The summed E-state index contributed by atoms with van der Waals surface area (Å²) < 4.78 is 5.53. The van der Waals surface area contributed by atoms with Gasteiger partial charge in [-0.25, -0.2) is 0 Å². The van der Waals surface area contributed by atoms with Crippen LogP contribution in [-0.2, 0) is 4.74 Å². The summed E-state index contributed by atoms with van der Waals surface area (Å²) in [7, 11) is 0. The van der Waals surface area contributed by atoms with Crippen LogP contribution < -0.4 is 16.8 Å². The number of benzene rings is 1. The normalized spacial score (nSPS) is 18.5. The largest absolute Gasteiger partial charge is 0.399 e. The summed E-state index contributed by atoms with van der Waals surface area (Å²) in [5.74, 6) is -0.547. The number of ether oxygens (including phenoxy) is 1. The minimum atomic E-state index is -0.547. The first-order valence-electron chi connectivity index (χ1n) is 6.32. The van der Waals surface area contributed by atoms with Crippen LogP contribution in [0.3, 0.4) is 0 Å². The van der Waals surface area contributed by atoms with Crippen molar-refractivity contribution in [3.05, 3.63) is 22.7 Å². The average molecular weight is 284 g/mol. The molecule has 2 rings (SSSR count). The third-order valence-electron chi connectivity index (χ3n) is 3.17. The average Bonchev–Trinajstić information content (AvgIpc) is 2.84. The van der Waals surface area contributed by atoms with Gasteiger partial charge in [0.25, 0.3) is 5.91 Å². The van der Waals surface area contributed by atoms with Gasteiger partial charge in [0, 0.05) is 18.8 Å². The number of nitrogens with two attached hydrogens (primary N) is 2. The Hall–Kier alpha value is -1.46. The maximum absolute atomic E-state index is 11.4. The molecule has 0 aromatic heterocycles. The fourth-order valence-corrected chi connectivity index (χ4v) is 2.53. The summed E-state index contributed by atoms with van der Waals surface area (Å²) >= 11 is 6.09. The molecule has 6 heteroatoms. The summed E-state index contributed by atoms with van der Waals surface area (Å²) in [5.41, 5.74) is 12.3. The number of primary amides is 1. The lowest BCUT2D eigenvalue weighted by atomic mass is 10.1. The fraction of sp³-hybridized carbons (Fsp3) is 0.462. The van der Waals surface area contributed by atoms with Crippen molar-refractivity contribution in [2.24, 2.45) is 5.73 Å². The van der Waals surface area contributed by atoms with Crippen molar-refractivity contribution < 1.29 is 9.53 Å². The predicted molar refractivity (Wildman–Crippen MR) is 76.5 cm³/mol. The number of carbonyl (C=O) groups excluding carboxylic acids is 1. The number of amides is 1. The van der Waals surface area contributed by atoms with E-state index in [0.717, 1.165) is 25.9 Å². The van der Waals surface area contributed by atoms with Gasteiger partial charge in [-0.2, -0.15) is 0 Å². The van der Waals surface area contributed by atoms with Gasteiger partial charge >= 0.3 is 0 Å². The summed E-state index contributed by atoms with van der Waals surface area (Å²) in [4.78, 5) is 11.4. The van der Waals surface area contributed by atoms with E-state index < -0.39 is 5.91 Å². The molecule has 1 aromatic carbocycles. The highest BCUT2D eigenvalue weighted by Gasteiger charge is 2.16. The van der Waals surface area contributed by atoms with Gasteiger partial charge in [-0.05, 0) is 31.4 Å². The van der Waals surface area contributed by atoms with Gasteiger partial charge in [0.1, 0.15) is 0 Å². The van der Waals surface area contributed by atoms with E-state index in [-0.39, 0.29) is 6.10 Å². The summed E-state index contributed by atoms with van der Waals surface area (Å²) in [5, 5.41) is 3.55. The highest BCUT2D eigenvalue weighted by Crippen LogP contribution is 2.29. The van der Waals surface area contributed by atoms with Crippen LogP contribution >= 0.6 is 11.6 Å². The molecule has 1 atom stereocenters. The molecule has 1 aromatic rings. The Labute approximate surface area is 117 Å². The zero-order chi connectivity index (χ0) is 13.8. The number of rotatable bonds is 5. The molecule has 1 saturated heterocycles. The number of hydrogen-bond donors (Lipinski definition) is 3. The second kappa shape index (κ2) is 6.12. The Kier molecular flexibility index (Phi) is 4.50. The third kappa shape index (κ3) is 3.52. The van der Waals surface area contributed by atoms with E-state index in [1.165, 1.54) is 6.07 Å². The van der Waals surface area contributed by atoms with E-state index in [4.69, 9.17) is 27.8 Å². The first-order valence-corrected chi connectivity index (χ1v) is 6.70. The van der Waals surface area contributed by atoms with Gasteiger partial charge in [-0.15, -0.1) is 0 Å². The quantitative estimate of drug-likeness (QED) is 0.721. The third-order valence-corrected chi connectivity index (χ3v) is 3.47. The van der Waals surface area contributed by atoms with Gasteiger partial charge in [-0.3, -0.25) is 4.79 Å². The molecule has 0 saturated carbocycles. The fourth-order valence-electron chi connectivity index (χ4n) is 2.23. The minimum absolute atomic E-state index is 0.289. The summed E-state index contributed by atoms with van der Waals surface area (Å²) in [6.07, 6.45) is 3.36. The highest BCUT2D eigenvalue weighted by molar-refractivity contribution is 6.34. The van der Waals surface area contributed by atoms with Crippen molar-refractivity contribution in [2.75, 3.05) is 24.2 Å². The lowest BCUT2D eigenvalue weighted by molar-refractivity contribution is 0.100. The van der Waals surface area contributed by atoms with E-state index in [2.05, 4.69) is 5.32 Å². The smallest absolute Gasteiger partial charge is 0.250 e. The Morgan fingerprint density at radius 2 is 2.32 bits per heavy atom. The molecule has 0 aliphatic carbocycles. The van der Waals surface area contributed by atoms with E-state index in [1.807, 2.05) is 0 Å². The van der Waals surface area contributed by atoms with E-state index in [9.17, 15) is 4.79 Å². The second-order valence-corrected chi connectivity index (χ2v) is 5.05. The van der Waals surface area contributed by atoms with Crippen molar-refractivity contribution in [3.8, 4) is 0 Å². The molecule has 1 unspecified atom stereocenters. The molecule has 5 nitrogen and oxygen atoms in total. The van der Waals surface area contributed by atoms with Crippen molar-refractivity contribution in [2.45, 2.75) is 25.4 Å². The summed E-state index contributed by atoms with van der Waals surface area (Å²) in [6.45, 7) is 1.51. The SMILES string of the molecule is NC(=O)c1cc(N)cc(Cl)c1NCCC1CCCO1. The summed E-state index contributed by atoms with van der Waals surface area (Å²) in [6, 6.07) is 3.13. The van der Waals surface area contributed by atoms with Crippen LogP contribution in [0.15, 0.2) is 12.1 Å². The van der Waals surface area contributed by atoms with E-state index >= 15 is 0 Å². The number of nitrogen functional groups attached to an aromatic ring is 1. The molecule has 1 fully saturated rings. The Morgan fingerprint density at radius 1 is 1.53 bits per heavy atom. The number of anilines is 2. The van der Waals surface area contributed by atoms with Crippen molar-refractivity contribution in [1.82, 2.24) is 0 Å². The molecule has 0 radical (unpaired) electrons. The zero-order valence-electron chi connectivity index (χ0n) is 10.6. The minimum Gasteiger partial charge on any atom is -0.399 e. The Morgan fingerprint density at radius 3 is 2.95 bits per heavy atom. The Bertz CT molecular complexity index is 473. The molecule has 1 aliphatic rings. The van der Waals surface area contributed by atoms with Crippen LogP contribution in [0.1, 0.15) is 29.6 Å². The van der Waals surface area contributed by atoms with Crippen LogP contribution in [0.5, 0.6) is 0 Å². The van der Waals surface area contributed by atoms with Gasteiger partial charge < -0.3 is 21.5 Å². The second-order valence-electron chi connectivity index (χ2n) is 4.64. The molecule has 19 heavy (non-hydrogen) atoms. The van der Waals surface area contributed by atoms with Crippen LogP contribution in [0.25, 0.3) is 0 Å². The van der Waals surface area contributed by atoms with E-state index in [0.29, 0.717) is 28.5 Å². The molecular formula is C13H18ClN3O2. The van der Waals surface area contributed by atoms with Gasteiger partial charge in [0.05, 0.1) is 22.4 Å². The predicted octanol–water partition coefficient (Wildman–Crippen LogP) is 2.00. The number of nitrogens with one attached hydrogen (secondary N) is 1. The molecule has 0 spiro atoms. The van der Waals surface area contributed by atoms with Crippen LogP contribution in [0.2, 0.25) is 5.02 Å². The first-order chi connectivity index (χ1) is 9.08. The maximum atomic E-state index is 11.4. The van der Waals surface area contributed by atoms with Crippen LogP contribution in [0.4, 0.5) is 11.4 Å². The number of carbonyl (C=O) groups is 1. The molecule has 1 amide bonds. The molecule has 1 aliphatic heterocycles. The number of halogens is 1. The zero-order valence-corrected chi connectivity index (χ0v) is 11.4. The highest BCUT2D eigenvalue weighted by atomic mass is 35.5. The molecule has 1 heterocycles. The van der Waals surface area contributed by atoms with Crippen molar-refractivity contribution >= 4 is 28.9 Å². The van der Waals surface area contributed by atoms with Crippen molar-refractivity contribution in [1.29, 1.82) is 0 Å². The standard InChI is InChI=1S/C13H18ClN3O2/c14-11-7-8(15)6-10(13(16)18)12(11)17-4-3-9-2-1-5-19-9/h6-7,9,17H,1-5,15H2,(H2,16,18). The van der Waals surface area contributed by atoms with Crippen LogP contribution in [-0.4, -0.2) is 25.2 Å². The lowest BCUT2D eigenvalue weighted by Gasteiger charge is -2.15. The van der Waals surface area contributed by atoms with E-state index in [1.54, 1.807) is 6.07 Å². The van der Waals surface area contributed by atoms with Gasteiger partial charge in [-0.1, -0.05) is 11.6 Å². The topological polar surface area (TPSA) is 90.4 Å². The first kappa shape index (κ1) is 14.0. The van der Waals surface area contributed by atoms with Crippen LogP contribution in [0, 0.1) is 0 Å². The molecule has 0 bridgehead atoms. The van der Waals surface area contributed by atoms with Gasteiger partial charge in [0.2, 0.25) is 0 Å². The van der Waals surface area contributed by atoms with Gasteiger partial charge in [0.15, 0.2) is 0 Å². The molecular weight excluding hydrogens is 266 g/mol. The molecule has 104 valence electrons. The lowest BCUT2D eigenvalue weighted by Crippen LogP contribution is -2.18. The number of hydrogen-bond acceptors (Lipinski definition) is 4. The Balaban J connectivity index is 2.03.